The molecule has 1 heterocycles. The molecule has 1 aliphatic carbocycles. The average Bonchev–Trinajstić information content (AvgIpc) is 2.81. The van der Waals surface area contributed by atoms with Gasteiger partial charge in [-0.1, -0.05) is 43.2 Å². The van der Waals surface area contributed by atoms with Crippen molar-refractivity contribution in [1.29, 1.82) is 0 Å². The zero-order valence-electron chi connectivity index (χ0n) is 18.3. The van der Waals surface area contributed by atoms with Crippen LogP contribution < -0.4 is 10.0 Å². The van der Waals surface area contributed by atoms with Gasteiger partial charge in [0.1, 0.15) is 5.75 Å². The minimum atomic E-state index is -3.44. The molecule has 0 spiro atoms. The highest BCUT2D eigenvalue weighted by molar-refractivity contribution is 7.28. The van der Waals surface area contributed by atoms with Gasteiger partial charge in [-0.25, -0.2) is 0 Å². The first kappa shape index (κ1) is 23.7. The Hall–Kier alpha value is -1.48. The summed E-state index contributed by atoms with van der Waals surface area (Å²) in [6, 6.07) is 10.9. The Bertz CT molecular complexity index is 953. The summed E-state index contributed by atoms with van der Waals surface area (Å²) in [7, 11) is 2.45. The molecule has 4 atom stereocenters. The van der Waals surface area contributed by atoms with Gasteiger partial charge in [-0.05, 0) is 90.7 Å². The summed E-state index contributed by atoms with van der Waals surface area (Å²) >= 11 is 6.01. The molecule has 1 aliphatic heterocycles. The highest BCUT2D eigenvalue weighted by Crippen LogP contribution is 2.38. The van der Waals surface area contributed by atoms with Crippen LogP contribution in [0.1, 0.15) is 56.6 Å². The summed E-state index contributed by atoms with van der Waals surface area (Å²) in [6.07, 6.45) is 5.83. The largest absolute Gasteiger partial charge is 0.429 e. The highest BCUT2D eigenvalue weighted by atomic mass is 35.5. The van der Waals surface area contributed by atoms with Crippen molar-refractivity contribution in [1.82, 2.24) is 0 Å². The monoisotopic (exact) mass is 478 g/mol. The van der Waals surface area contributed by atoms with Crippen LogP contribution in [-0.2, 0) is 10.8 Å². The zero-order chi connectivity index (χ0) is 22.7. The number of ether oxygens (including phenoxy) is 2. The average molecular weight is 479 g/mol. The topological polar surface area (TPSA) is 18.5 Å². The Kier molecular flexibility index (Phi) is 7.54. The second kappa shape index (κ2) is 10.2. The van der Waals surface area contributed by atoms with E-state index >= 15 is 0 Å². The Morgan fingerprint density at radius 2 is 1.91 bits per heavy atom. The zero-order valence-corrected chi connectivity index (χ0v) is 20.2. The number of alkyl halides is 2. The van der Waals surface area contributed by atoms with Crippen molar-refractivity contribution in [2.45, 2.75) is 57.7 Å². The minimum Gasteiger partial charge on any atom is -0.429 e. The van der Waals surface area contributed by atoms with E-state index in [1.807, 2.05) is 0 Å². The Morgan fingerprint density at radius 3 is 2.50 bits per heavy atom. The maximum absolute atomic E-state index is 14.7. The molecule has 1 fully saturated rings. The number of hydrogen-bond donors (Lipinski definition) is 0. The van der Waals surface area contributed by atoms with Gasteiger partial charge in [0.15, 0.2) is 0 Å². The molecule has 0 amide bonds. The van der Waals surface area contributed by atoms with Crippen LogP contribution in [0.4, 0.5) is 8.78 Å². The number of allylic oxidation sites excluding steroid dienone is 2. The smallest absolute Gasteiger partial charge is 0.426 e. The highest BCUT2D eigenvalue weighted by Gasteiger charge is 2.35. The molecule has 2 aromatic carbocycles. The molecule has 4 rings (SSSR count). The van der Waals surface area contributed by atoms with Gasteiger partial charge in [-0.3, -0.25) is 0 Å². The van der Waals surface area contributed by atoms with Gasteiger partial charge in [0.05, 0.1) is 16.7 Å². The third-order valence-electron chi connectivity index (χ3n) is 6.77. The second-order valence-corrected chi connectivity index (χ2v) is 9.90. The van der Waals surface area contributed by atoms with Crippen molar-refractivity contribution in [3.63, 3.8) is 0 Å². The van der Waals surface area contributed by atoms with Crippen molar-refractivity contribution < 1.29 is 18.3 Å². The van der Waals surface area contributed by atoms with Crippen molar-refractivity contribution in [3.8, 4) is 5.75 Å². The number of rotatable bonds is 6. The summed E-state index contributed by atoms with van der Waals surface area (Å²) in [5, 5.41) is 1.10. The standard InChI is InChI=1S/C26H30ClF2O2P/c1-2-17-3-13-24(30-16-17)20-6-4-18(5-7-20)19-8-10-21(11-9-19)26(28,29)31-22-12-14-25(32)23(27)15-22/h4,8-12,14-15,17,20,24H,2-3,5-7,13,16,32H2,1H3. The van der Waals surface area contributed by atoms with Crippen LogP contribution in [0.15, 0.2) is 48.5 Å². The van der Waals surface area contributed by atoms with E-state index in [0.717, 1.165) is 43.2 Å². The lowest BCUT2D eigenvalue weighted by atomic mass is 9.80. The van der Waals surface area contributed by atoms with E-state index in [4.69, 9.17) is 21.1 Å². The van der Waals surface area contributed by atoms with Crippen LogP contribution in [0.5, 0.6) is 5.75 Å². The number of benzene rings is 2. The summed E-state index contributed by atoms with van der Waals surface area (Å²) < 4.78 is 40.4. The van der Waals surface area contributed by atoms with Gasteiger partial charge in [0.25, 0.3) is 0 Å². The maximum atomic E-state index is 14.7. The lowest BCUT2D eigenvalue weighted by Crippen LogP contribution is -2.32. The first-order valence-electron chi connectivity index (χ1n) is 11.4. The molecule has 32 heavy (non-hydrogen) atoms. The van der Waals surface area contributed by atoms with Gasteiger partial charge in [0.2, 0.25) is 0 Å². The number of hydrogen-bond acceptors (Lipinski definition) is 2. The Morgan fingerprint density at radius 1 is 1.12 bits per heavy atom. The van der Waals surface area contributed by atoms with Gasteiger partial charge in [0, 0.05) is 6.61 Å². The molecule has 6 heteroatoms. The Balaban J connectivity index is 1.38. The lowest BCUT2D eigenvalue weighted by Gasteiger charge is -2.35. The molecular weight excluding hydrogens is 449 g/mol. The molecule has 2 nitrogen and oxygen atoms in total. The summed E-state index contributed by atoms with van der Waals surface area (Å²) in [4.78, 5) is 0. The van der Waals surface area contributed by atoms with Crippen LogP contribution >= 0.6 is 20.8 Å². The molecule has 0 bridgehead atoms. The van der Waals surface area contributed by atoms with E-state index in [-0.39, 0.29) is 11.3 Å². The van der Waals surface area contributed by atoms with Gasteiger partial charge in [-0.2, -0.15) is 8.78 Å². The predicted octanol–water partition coefficient (Wildman–Crippen LogP) is 7.36. The van der Waals surface area contributed by atoms with Crippen molar-refractivity contribution in [2.24, 2.45) is 11.8 Å². The van der Waals surface area contributed by atoms with E-state index < -0.39 is 6.11 Å². The summed E-state index contributed by atoms with van der Waals surface area (Å²) in [5.41, 5.74) is 2.04. The third kappa shape index (κ3) is 5.53. The summed E-state index contributed by atoms with van der Waals surface area (Å²) in [5.74, 6) is 1.31. The number of halogens is 3. The molecule has 0 radical (unpaired) electrons. The fourth-order valence-electron chi connectivity index (χ4n) is 4.63. The van der Waals surface area contributed by atoms with Crippen LogP contribution in [0.25, 0.3) is 5.57 Å². The molecule has 0 saturated carbocycles. The van der Waals surface area contributed by atoms with E-state index in [1.54, 1.807) is 18.2 Å². The molecule has 2 aliphatic rings. The quantitative estimate of drug-likeness (QED) is 0.404. The van der Waals surface area contributed by atoms with Crippen LogP contribution in [-0.4, -0.2) is 12.7 Å². The fourth-order valence-corrected chi connectivity index (χ4v) is 4.98. The first-order chi connectivity index (χ1) is 15.4. The van der Waals surface area contributed by atoms with Crippen LogP contribution in [0.2, 0.25) is 5.02 Å². The second-order valence-electron chi connectivity index (χ2n) is 8.87. The van der Waals surface area contributed by atoms with Gasteiger partial charge < -0.3 is 9.47 Å². The van der Waals surface area contributed by atoms with Crippen molar-refractivity contribution in [3.05, 3.63) is 64.7 Å². The van der Waals surface area contributed by atoms with Crippen LogP contribution in [0, 0.1) is 11.8 Å². The fraction of sp³-hybridized carbons (Fsp3) is 0.462. The van der Waals surface area contributed by atoms with Gasteiger partial charge >= 0.3 is 6.11 Å². The molecule has 4 unspecified atom stereocenters. The van der Waals surface area contributed by atoms with E-state index in [1.165, 1.54) is 42.7 Å². The van der Waals surface area contributed by atoms with E-state index in [9.17, 15) is 8.78 Å². The molecule has 0 N–H and O–H groups in total. The summed E-state index contributed by atoms with van der Waals surface area (Å²) in [6.45, 7) is 3.12. The maximum Gasteiger partial charge on any atom is 0.426 e. The molecule has 1 saturated heterocycles. The molecular formula is C26H30ClF2O2P. The van der Waals surface area contributed by atoms with Crippen LogP contribution in [0.3, 0.4) is 0 Å². The Labute approximate surface area is 196 Å². The third-order valence-corrected chi connectivity index (χ3v) is 7.78. The van der Waals surface area contributed by atoms with E-state index in [2.05, 4.69) is 22.2 Å². The molecule has 0 aromatic heterocycles. The SMILES string of the molecule is CCC1CCC(C2CC=C(c3ccc(C(F)(F)Oc4ccc(P)c(Cl)c4)cc3)CC2)OC1. The van der Waals surface area contributed by atoms with Crippen molar-refractivity contribution in [2.75, 3.05) is 6.61 Å². The predicted molar refractivity (Wildman–Crippen MR) is 130 cm³/mol. The molecule has 2 aromatic rings. The first-order valence-corrected chi connectivity index (χ1v) is 12.3. The lowest BCUT2D eigenvalue weighted by molar-refractivity contribution is -0.185. The minimum absolute atomic E-state index is 0.0338. The normalized spacial score (nSPS) is 24.2. The van der Waals surface area contributed by atoms with Crippen molar-refractivity contribution >= 4 is 31.7 Å². The van der Waals surface area contributed by atoms with E-state index in [0.29, 0.717) is 23.0 Å². The molecule has 172 valence electrons. The van der Waals surface area contributed by atoms with Gasteiger partial charge in [-0.15, -0.1) is 9.24 Å².